The van der Waals surface area contributed by atoms with E-state index in [9.17, 15) is 4.79 Å². The lowest BCUT2D eigenvalue weighted by Crippen LogP contribution is -2.26. The summed E-state index contributed by atoms with van der Waals surface area (Å²) in [6, 6.07) is 5.11. The van der Waals surface area contributed by atoms with E-state index in [1.54, 1.807) is 18.2 Å². The summed E-state index contributed by atoms with van der Waals surface area (Å²) in [7, 11) is 0. The number of benzene rings is 1. The molecule has 1 fully saturated rings. The van der Waals surface area contributed by atoms with Crippen LogP contribution >= 0.6 is 0 Å². The Labute approximate surface area is 107 Å². The molecule has 1 heterocycles. The number of carboxylic acid groups (broad SMARTS) is 1. The molecule has 98 valence electrons. The predicted octanol–water partition coefficient (Wildman–Crippen LogP) is 2.64. The molecule has 0 spiro atoms. The summed E-state index contributed by atoms with van der Waals surface area (Å²) in [5.41, 5.74) is 1.19. The van der Waals surface area contributed by atoms with Crippen molar-refractivity contribution < 1.29 is 19.4 Å². The van der Waals surface area contributed by atoms with Gasteiger partial charge >= 0.3 is 5.97 Å². The maximum Gasteiger partial charge on any atom is 0.339 e. The number of ether oxygens (including phenoxy) is 2. The molecule has 1 saturated heterocycles. The molecule has 0 bridgehead atoms. The van der Waals surface area contributed by atoms with E-state index < -0.39 is 5.97 Å². The summed E-state index contributed by atoms with van der Waals surface area (Å²) in [4.78, 5) is 11.1. The molecule has 0 amide bonds. The summed E-state index contributed by atoms with van der Waals surface area (Å²) in [6.07, 6.45) is 3.31. The Hall–Kier alpha value is -1.55. The Balaban J connectivity index is 2.03. The first kappa shape index (κ1) is 12.9. The van der Waals surface area contributed by atoms with Gasteiger partial charge in [0.2, 0.25) is 0 Å². The lowest BCUT2D eigenvalue weighted by molar-refractivity contribution is -0.0113. The molecule has 1 aliphatic rings. The highest BCUT2D eigenvalue weighted by atomic mass is 16.5. The van der Waals surface area contributed by atoms with Crippen LogP contribution in [0.3, 0.4) is 0 Å². The second kappa shape index (κ2) is 5.87. The average molecular weight is 250 g/mol. The van der Waals surface area contributed by atoms with Crippen molar-refractivity contribution in [3.63, 3.8) is 0 Å². The van der Waals surface area contributed by atoms with Crippen LogP contribution in [-0.4, -0.2) is 30.4 Å². The van der Waals surface area contributed by atoms with Gasteiger partial charge in [0, 0.05) is 6.61 Å². The zero-order valence-electron chi connectivity index (χ0n) is 10.5. The van der Waals surface area contributed by atoms with E-state index in [-0.39, 0.29) is 11.7 Å². The summed E-state index contributed by atoms with van der Waals surface area (Å²) >= 11 is 0. The minimum Gasteiger partial charge on any atom is -0.490 e. The number of carboxylic acids is 1. The zero-order valence-corrected chi connectivity index (χ0v) is 10.5. The van der Waals surface area contributed by atoms with Crippen LogP contribution in [0.25, 0.3) is 0 Å². The van der Waals surface area contributed by atoms with Crippen molar-refractivity contribution in [2.24, 2.45) is 0 Å². The monoisotopic (exact) mass is 250 g/mol. The highest BCUT2D eigenvalue weighted by molar-refractivity contribution is 5.90. The highest BCUT2D eigenvalue weighted by Crippen LogP contribution is 2.22. The van der Waals surface area contributed by atoms with E-state index in [1.165, 1.54) is 0 Å². The van der Waals surface area contributed by atoms with Gasteiger partial charge in [-0.05, 0) is 43.9 Å². The third-order valence-corrected chi connectivity index (χ3v) is 3.07. The number of carbonyl (C=O) groups is 1. The number of hydrogen-bond donors (Lipinski definition) is 1. The number of hydrogen-bond acceptors (Lipinski definition) is 3. The van der Waals surface area contributed by atoms with Crippen molar-refractivity contribution >= 4 is 5.97 Å². The van der Waals surface area contributed by atoms with E-state index in [1.807, 2.05) is 6.92 Å². The molecule has 1 N–H and O–H groups in total. The molecule has 1 aromatic rings. The smallest absolute Gasteiger partial charge is 0.339 e. The second-order valence-electron chi connectivity index (χ2n) is 4.60. The van der Waals surface area contributed by atoms with Crippen molar-refractivity contribution in [3.8, 4) is 5.75 Å². The first-order chi connectivity index (χ1) is 8.66. The Bertz CT molecular complexity index is 422. The van der Waals surface area contributed by atoms with E-state index >= 15 is 0 Å². The minimum atomic E-state index is -0.963. The van der Waals surface area contributed by atoms with Gasteiger partial charge in [-0.3, -0.25) is 0 Å². The normalized spacial score (nSPS) is 19.5. The van der Waals surface area contributed by atoms with Gasteiger partial charge in [0.25, 0.3) is 0 Å². The number of rotatable bonds is 4. The van der Waals surface area contributed by atoms with Crippen LogP contribution in [0.2, 0.25) is 0 Å². The topological polar surface area (TPSA) is 55.8 Å². The van der Waals surface area contributed by atoms with Crippen LogP contribution in [0.5, 0.6) is 5.75 Å². The van der Waals surface area contributed by atoms with E-state index in [4.69, 9.17) is 14.6 Å². The Morgan fingerprint density at radius 1 is 1.50 bits per heavy atom. The predicted molar refractivity (Wildman–Crippen MR) is 67.2 cm³/mol. The quantitative estimate of drug-likeness (QED) is 0.892. The van der Waals surface area contributed by atoms with Crippen LogP contribution in [0.4, 0.5) is 0 Å². The standard InChI is InChI=1S/C14H18O4/c1-10-5-6-12(14(15)16)13(8-10)18-9-11-4-2-3-7-17-11/h5-6,8,11H,2-4,7,9H2,1H3,(H,15,16). The molecule has 1 aromatic carbocycles. The van der Waals surface area contributed by atoms with Gasteiger partial charge in [0.1, 0.15) is 17.9 Å². The molecule has 2 rings (SSSR count). The van der Waals surface area contributed by atoms with Gasteiger partial charge in [0.15, 0.2) is 0 Å². The third-order valence-electron chi connectivity index (χ3n) is 3.07. The Kier molecular flexibility index (Phi) is 4.20. The SMILES string of the molecule is Cc1ccc(C(=O)O)c(OCC2CCCCO2)c1. The maximum atomic E-state index is 11.1. The van der Waals surface area contributed by atoms with Crippen molar-refractivity contribution in [2.75, 3.05) is 13.2 Å². The number of aryl methyl sites for hydroxylation is 1. The number of aromatic carboxylic acids is 1. The van der Waals surface area contributed by atoms with Gasteiger partial charge in [-0.15, -0.1) is 0 Å². The first-order valence-corrected chi connectivity index (χ1v) is 6.25. The molecule has 0 aromatic heterocycles. The Morgan fingerprint density at radius 3 is 3.00 bits per heavy atom. The minimum absolute atomic E-state index is 0.0842. The fraction of sp³-hybridized carbons (Fsp3) is 0.500. The first-order valence-electron chi connectivity index (χ1n) is 6.25. The van der Waals surface area contributed by atoms with Gasteiger partial charge in [0.05, 0.1) is 6.10 Å². The van der Waals surface area contributed by atoms with Crippen LogP contribution in [0.15, 0.2) is 18.2 Å². The third kappa shape index (κ3) is 3.23. The zero-order chi connectivity index (χ0) is 13.0. The van der Waals surface area contributed by atoms with Crippen molar-refractivity contribution in [1.82, 2.24) is 0 Å². The lowest BCUT2D eigenvalue weighted by Gasteiger charge is -2.23. The molecule has 4 heteroatoms. The summed E-state index contributed by atoms with van der Waals surface area (Å²) in [5.74, 6) is -0.536. The van der Waals surface area contributed by atoms with Gasteiger partial charge < -0.3 is 14.6 Å². The second-order valence-corrected chi connectivity index (χ2v) is 4.60. The summed E-state index contributed by atoms with van der Waals surface area (Å²) in [5, 5.41) is 9.08. The molecule has 18 heavy (non-hydrogen) atoms. The molecule has 1 aliphatic heterocycles. The highest BCUT2D eigenvalue weighted by Gasteiger charge is 2.17. The fourth-order valence-electron chi connectivity index (χ4n) is 2.05. The molecule has 0 aliphatic carbocycles. The van der Waals surface area contributed by atoms with Crippen molar-refractivity contribution in [1.29, 1.82) is 0 Å². The van der Waals surface area contributed by atoms with Crippen LogP contribution in [0, 0.1) is 6.92 Å². The molecule has 1 unspecified atom stereocenters. The van der Waals surface area contributed by atoms with Crippen LogP contribution < -0.4 is 4.74 Å². The largest absolute Gasteiger partial charge is 0.490 e. The van der Waals surface area contributed by atoms with E-state index in [0.717, 1.165) is 31.4 Å². The summed E-state index contributed by atoms with van der Waals surface area (Å²) in [6.45, 7) is 3.10. The van der Waals surface area contributed by atoms with Crippen molar-refractivity contribution in [2.45, 2.75) is 32.3 Å². The van der Waals surface area contributed by atoms with Crippen molar-refractivity contribution in [3.05, 3.63) is 29.3 Å². The summed E-state index contributed by atoms with van der Waals surface area (Å²) < 4.78 is 11.2. The van der Waals surface area contributed by atoms with Gasteiger partial charge in [-0.2, -0.15) is 0 Å². The Morgan fingerprint density at radius 2 is 2.33 bits per heavy atom. The fourth-order valence-corrected chi connectivity index (χ4v) is 2.05. The lowest BCUT2D eigenvalue weighted by atomic mass is 10.1. The van der Waals surface area contributed by atoms with E-state index in [2.05, 4.69) is 0 Å². The molecule has 1 atom stereocenters. The maximum absolute atomic E-state index is 11.1. The molecule has 0 saturated carbocycles. The average Bonchev–Trinajstić information content (AvgIpc) is 2.37. The van der Waals surface area contributed by atoms with Crippen LogP contribution in [0.1, 0.15) is 35.2 Å². The molecular weight excluding hydrogens is 232 g/mol. The molecular formula is C14H18O4. The van der Waals surface area contributed by atoms with E-state index in [0.29, 0.717) is 12.4 Å². The van der Waals surface area contributed by atoms with Crippen LogP contribution in [-0.2, 0) is 4.74 Å². The van der Waals surface area contributed by atoms with Gasteiger partial charge in [-0.1, -0.05) is 6.07 Å². The molecule has 0 radical (unpaired) electrons. The molecule has 4 nitrogen and oxygen atoms in total. The van der Waals surface area contributed by atoms with Gasteiger partial charge in [-0.25, -0.2) is 4.79 Å².